The van der Waals surface area contributed by atoms with Crippen LogP contribution in [-0.4, -0.2) is 18.1 Å². The van der Waals surface area contributed by atoms with Crippen molar-refractivity contribution >= 4 is 17.3 Å². The van der Waals surface area contributed by atoms with E-state index in [0.717, 1.165) is 11.3 Å². The molecule has 22 heavy (non-hydrogen) atoms. The van der Waals surface area contributed by atoms with Gasteiger partial charge in [0.2, 0.25) is 0 Å². The standard InChI is InChI=1S/C17H16N2O3/c1-22-13-6-2-5-12(10-13)19-9-3-4-11-7-8-14(17(18)21)16(20)15(11)19/h2-3,5-10,20H,4H2,1H3,(H2,18,21). The zero-order valence-corrected chi connectivity index (χ0v) is 12.1. The number of phenols is 1. The van der Waals surface area contributed by atoms with Crippen LogP contribution in [0.1, 0.15) is 15.9 Å². The molecular formula is C17H16N2O3. The smallest absolute Gasteiger partial charge is 0.252 e. The molecule has 0 unspecified atom stereocenters. The molecule has 2 aromatic rings. The summed E-state index contributed by atoms with van der Waals surface area (Å²) in [6.07, 6.45) is 4.54. The van der Waals surface area contributed by atoms with E-state index in [0.29, 0.717) is 17.9 Å². The maximum atomic E-state index is 11.5. The number of rotatable bonds is 3. The van der Waals surface area contributed by atoms with Crippen molar-refractivity contribution in [2.45, 2.75) is 6.42 Å². The van der Waals surface area contributed by atoms with Crippen molar-refractivity contribution in [3.8, 4) is 11.5 Å². The minimum atomic E-state index is -0.652. The Morgan fingerprint density at radius 3 is 2.86 bits per heavy atom. The molecule has 0 fully saturated rings. The van der Waals surface area contributed by atoms with E-state index in [9.17, 15) is 9.90 Å². The van der Waals surface area contributed by atoms with Crippen LogP contribution in [0.5, 0.6) is 11.5 Å². The molecule has 0 saturated carbocycles. The van der Waals surface area contributed by atoms with Crippen molar-refractivity contribution in [3.63, 3.8) is 0 Å². The van der Waals surface area contributed by atoms with Gasteiger partial charge in [-0.15, -0.1) is 0 Å². The van der Waals surface area contributed by atoms with Gasteiger partial charge < -0.3 is 20.5 Å². The van der Waals surface area contributed by atoms with Crippen molar-refractivity contribution in [2.24, 2.45) is 5.73 Å². The highest BCUT2D eigenvalue weighted by atomic mass is 16.5. The van der Waals surface area contributed by atoms with Crippen molar-refractivity contribution in [1.29, 1.82) is 0 Å². The van der Waals surface area contributed by atoms with Gasteiger partial charge in [0.25, 0.3) is 5.91 Å². The average molecular weight is 296 g/mol. The Hall–Kier alpha value is -2.95. The zero-order chi connectivity index (χ0) is 15.7. The highest BCUT2D eigenvalue weighted by molar-refractivity contribution is 5.99. The fraction of sp³-hybridized carbons (Fsp3) is 0.118. The number of benzene rings is 2. The lowest BCUT2D eigenvalue weighted by molar-refractivity contribution is 0.0998. The van der Waals surface area contributed by atoms with Crippen molar-refractivity contribution in [3.05, 3.63) is 59.8 Å². The van der Waals surface area contributed by atoms with E-state index in [1.54, 1.807) is 13.2 Å². The van der Waals surface area contributed by atoms with E-state index in [4.69, 9.17) is 10.5 Å². The molecule has 0 radical (unpaired) electrons. The van der Waals surface area contributed by atoms with Crippen LogP contribution < -0.4 is 15.4 Å². The Morgan fingerprint density at radius 2 is 2.14 bits per heavy atom. The van der Waals surface area contributed by atoms with Gasteiger partial charge in [-0.25, -0.2) is 0 Å². The van der Waals surface area contributed by atoms with E-state index in [1.165, 1.54) is 0 Å². The predicted molar refractivity (Wildman–Crippen MR) is 84.6 cm³/mol. The molecule has 1 heterocycles. The van der Waals surface area contributed by atoms with Crippen LogP contribution in [0.25, 0.3) is 0 Å². The average Bonchev–Trinajstić information content (AvgIpc) is 2.54. The molecule has 3 N–H and O–H groups in total. The number of hydrogen-bond donors (Lipinski definition) is 2. The molecule has 0 bridgehead atoms. The van der Waals surface area contributed by atoms with Gasteiger partial charge in [0, 0.05) is 18.0 Å². The van der Waals surface area contributed by atoms with Crippen LogP contribution in [0.2, 0.25) is 0 Å². The highest BCUT2D eigenvalue weighted by Crippen LogP contribution is 2.41. The summed E-state index contributed by atoms with van der Waals surface area (Å²) in [6.45, 7) is 0. The molecule has 0 spiro atoms. The third-order valence-electron chi connectivity index (χ3n) is 3.66. The van der Waals surface area contributed by atoms with Crippen LogP contribution in [0.3, 0.4) is 0 Å². The van der Waals surface area contributed by atoms with Crippen LogP contribution in [-0.2, 0) is 6.42 Å². The third-order valence-corrected chi connectivity index (χ3v) is 3.66. The number of methoxy groups -OCH3 is 1. The molecule has 1 aliphatic heterocycles. The molecule has 0 saturated heterocycles. The molecule has 0 aromatic heterocycles. The number of carbonyl (C=O) groups excluding carboxylic acids is 1. The van der Waals surface area contributed by atoms with E-state index in [-0.39, 0.29) is 11.3 Å². The molecule has 0 atom stereocenters. The molecule has 5 heteroatoms. The van der Waals surface area contributed by atoms with Gasteiger partial charge in [0.1, 0.15) is 5.75 Å². The van der Waals surface area contributed by atoms with Gasteiger partial charge in [0.15, 0.2) is 5.75 Å². The topological polar surface area (TPSA) is 75.8 Å². The maximum Gasteiger partial charge on any atom is 0.252 e. The first-order valence-electron chi connectivity index (χ1n) is 6.86. The first-order valence-corrected chi connectivity index (χ1v) is 6.86. The summed E-state index contributed by atoms with van der Waals surface area (Å²) >= 11 is 0. The molecule has 112 valence electrons. The summed E-state index contributed by atoms with van der Waals surface area (Å²) in [7, 11) is 1.60. The predicted octanol–water partition coefficient (Wildman–Crippen LogP) is 2.71. The van der Waals surface area contributed by atoms with Gasteiger partial charge in [-0.05, 0) is 30.2 Å². The Bertz CT molecular complexity index is 768. The molecule has 2 aromatic carbocycles. The summed E-state index contributed by atoms with van der Waals surface area (Å²) in [6, 6.07) is 10.8. The first kappa shape index (κ1) is 14.0. The Labute approximate surface area is 128 Å². The Balaban J connectivity index is 2.16. The van der Waals surface area contributed by atoms with Gasteiger partial charge in [0.05, 0.1) is 18.4 Å². The van der Waals surface area contributed by atoms with Crippen molar-refractivity contribution in [1.82, 2.24) is 0 Å². The number of aromatic hydroxyl groups is 1. The number of amides is 1. The molecule has 0 aliphatic carbocycles. The van der Waals surface area contributed by atoms with Gasteiger partial charge in [-0.1, -0.05) is 18.2 Å². The fourth-order valence-corrected chi connectivity index (χ4v) is 2.59. The minimum absolute atomic E-state index is 0.0998. The minimum Gasteiger partial charge on any atom is -0.505 e. The van der Waals surface area contributed by atoms with Gasteiger partial charge in [-0.2, -0.15) is 0 Å². The number of ether oxygens (including phenoxy) is 1. The summed E-state index contributed by atoms with van der Waals surface area (Å²) in [4.78, 5) is 13.3. The molecular weight excluding hydrogens is 280 g/mol. The fourth-order valence-electron chi connectivity index (χ4n) is 2.59. The molecule has 1 amide bonds. The second-order valence-electron chi connectivity index (χ2n) is 4.99. The van der Waals surface area contributed by atoms with Gasteiger partial charge in [-0.3, -0.25) is 4.79 Å². The largest absolute Gasteiger partial charge is 0.505 e. The van der Waals surface area contributed by atoms with E-state index < -0.39 is 5.91 Å². The monoisotopic (exact) mass is 296 g/mol. The SMILES string of the molecule is COc1cccc(N2C=CCc3ccc(C(N)=O)c(O)c32)c1. The highest BCUT2D eigenvalue weighted by Gasteiger charge is 2.22. The van der Waals surface area contributed by atoms with Crippen LogP contribution >= 0.6 is 0 Å². The summed E-state index contributed by atoms with van der Waals surface area (Å²) in [5.41, 5.74) is 7.76. The number of hydrogen-bond acceptors (Lipinski definition) is 4. The number of anilines is 2. The molecule has 5 nitrogen and oxygen atoms in total. The van der Waals surface area contributed by atoms with Crippen LogP contribution in [0.4, 0.5) is 11.4 Å². The second kappa shape index (κ2) is 5.44. The third kappa shape index (κ3) is 2.26. The maximum absolute atomic E-state index is 11.5. The zero-order valence-electron chi connectivity index (χ0n) is 12.1. The summed E-state index contributed by atoms with van der Waals surface area (Å²) in [5.74, 6) is -0.0406. The number of primary amides is 1. The second-order valence-corrected chi connectivity index (χ2v) is 4.99. The lowest BCUT2D eigenvalue weighted by atomic mass is 10.0. The number of carbonyl (C=O) groups is 1. The Kier molecular flexibility index (Phi) is 3.47. The van der Waals surface area contributed by atoms with Crippen LogP contribution in [0, 0.1) is 0 Å². The Morgan fingerprint density at radius 1 is 1.32 bits per heavy atom. The van der Waals surface area contributed by atoms with Crippen molar-refractivity contribution in [2.75, 3.05) is 12.0 Å². The van der Waals surface area contributed by atoms with E-state index >= 15 is 0 Å². The quantitative estimate of drug-likeness (QED) is 0.913. The van der Waals surface area contributed by atoms with E-state index in [1.807, 2.05) is 47.5 Å². The van der Waals surface area contributed by atoms with Crippen LogP contribution in [0.15, 0.2) is 48.7 Å². The summed E-state index contributed by atoms with van der Waals surface area (Å²) < 4.78 is 5.24. The van der Waals surface area contributed by atoms with E-state index in [2.05, 4.69) is 0 Å². The van der Waals surface area contributed by atoms with Crippen molar-refractivity contribution < 1.29 is 14.6 Å². The molecule has 1 aliphatic rings. The normalized spacial score (nSPS) is 12.9. The first-order chi connectivity index (χ1) is 10.6. The number of fused-ring (bicyclic) bond motifs is 1. The number of nitrogens with two attached hydrogens (primary N) is 1. The molecule has 3 rings (SSSR count). The van der Waals surface area contributed by atoms with Gasteiger partial charge >= 0.3 is 0 Å². The summed E-state index contributed by atoms with van der Waals surface area (Å²) in [5, 5.41) is 10.5. The number of allylic oxidation sites excluding steroid dienone is 1. The lowest BCUT2D eigenvalue weighted by Gasteiger charge is -2.28. The number of nitrogens with zero attached hydrogens (tertiary/aromatic N) is 1. The lowest BCUT2D eigenvalue weighted by Crippen LogP contribution is -2.18.